The Morgan fingerprint density at radius 1 is 1.03 bits per heavy atom. The molecule has 1 aliphatic carbocycles. The molecular formula is C22H27NO7. The lowest BCUT2D eigenvalue weighted by Gasteiger charge is -2.46. The number of carbonyl (C=O) groups is 3. The number of esters is 2. The number of nitrogens with zero attached hydrogens (tertiary/aromatic N) is 1. The third-order valence-corrected chi connectivity index (χ3v) is 6.59. The fraction of sp³-hybridized carbons (Fsp3) is 0.591. The Bertz CT molecular complexity index is 913. The molecule has 2 bridgehead atoms. The second-order valence-corrected chi connectivity index (χ2v) is 8.18. The van der Waals surface area contributed by atoms with Gasteiger partial charge in [-0.2, -0.15) is 0 Å². The molecule has 1 aromatic carbocycles. The first-order valence-electron chi connectivity index (χ1n) is 10.2. The van der Waals surface area contributed by atoms with Crippen molar-refractivity contribution < 1.29 is 33.3 Å². The zero-order valence-corrected chi connectivity index (χ0v) is 17.8. The van der Waals surface area contributed by atoms with Crippen molar-refractivity contribution in [2.45, 2.75) is 63.2 Å². The molecule has 4 rings (SSSR count). The standard InChI is InChI=1S/C22H27NO7/c1-13(24)29-19-21-8-5-6-9-22(19,30-14(2)25)20(26)23(21)10-7-15-11-17(27-3)18(28-4)12-16(15)21/h11-12,19H,5-10H2,1-4H3/t19?,21-,22?/m1/s1. The molecule has 8 nitrogen and oxygen atoms in total. The molecule has 1 amide bonds. The lowest BCUT2D eigenvalue weighted by Crippen LogP contribution is -2.55. The van der Waals surface area contributed by atoms with Crippen molar-refractivity contribution in [2.24, 2.45) is 0 Å². The van der Waals surface area contributed by atoms with Gasteiger partial charge in [0.15, 0.2) is 17.6 Å². The number of hydrogen-bond donors (Lipinski definition) is 0. The van der Waals surface area contributed by atoms with E-state index in [9.17, 15) is 14.4 Å². The van der Waals surface area contributed by atoms with E-state index in [-0.39, 0.29) is 5.91 Å². The number of carbonyl (C=O) groups excluding carboxylic acids is 3. The highest BCUT2D eigenvalue weighted by molar-refractivity contribution is 5.93. The van der Waals surface area contributed by atoms with Crippen LogP contribution in [-0.2, 0) is 35.8 Å². The van der Waals surface area contributed by atoms with Crippen LogP contribution in [0.5, 0.6) is 11.5 Å². The van der Waals surface area contributed by atoms with E-state index in [1.54, 1.807) is 19.1 Å². The minimum absolute atomic E-state index is 0.288. The van der Waals surface area contributed by atoms with Crippen LogP contribution >= 0.6 is 0 Å². The van der Waals surface area contributed by atoms with Crippen LogP contribution in [0.4, 0.5) is 0 Å². The molecule has 1 spiro atoms. The van der Waals surface area contributed by atoms with Gasteiger partial charge in [-0.25, -0.2) is 0 Å². The van der Waals surface area contributed by atoms with E-state index < -0.39 is 29.2 Å². The predicted molar refractivity (Wildman–Crippen MR) is 105 cm³/mol. The third kappa shape index (κ3) is 2.69. The Kier molecular flexibility index (Phi) is 4.91. The number of benzene rings is 1. The van der Waals surface area contributed by atoms with Crippen LogP contribution in [0.1, 0.15) is 50.7 Å². The molecule has 1 saturated carbocycles. The van der Waals surface area contributed by atoms with Crippen LogP contribution in [-0.4, -0.2) is 55.2 Å². The molecule has 2 aliphatic heterocycles. The van der Waals surface area contributed by atoms with Gasteiger partial charge in [-0.05, 0) is 42.5 Å². The Labute approximate surface area is 175 Å². The molecule has 0 radical (unpaired) electrons. The number of ether oxygens (including phenoxy) is 4. The normalized spacial score (nSPS) is 29.4. The van der Waals surface area contributed by atoms with Gasteiger partial charge in [-0.1, -0.05) is 6.42 Å². The smallest absolute Gasteiger partial charge is 0.303 e. The average molecular weight is 417 g/mol. The molecule has 1 saturated heterocycles. The highest BCUT2D eigenvalue weighted by atomic mass is 16.6. The molecule has 162 valence electrons. The maximum atomic E-state index is 13.7. The van der Waals surface area contributed by atoms with Crippen LogP contribution in [0.25, 0.3) is 0 Å². The summed E-state index contributed by atoms with van der Waals surface area (Å²) in [6, 6.07) is 3.80. The highest BCUT2D eigenvalue weighted by Crippen LogP contribution is 2.57. The van der Waals surface area contributed by atoms with Gasteiger partial charge in [0.05, 0.1) is 14.2 Å². The average Bonchev–Trinajstić information content (AvgIpc) is 2.79. The van der Waals surface area contributed by atoms with Crippen molar-refractivity contribution in [1.82, 2.24) is 4.90 Å². The molecule has 2 unspecified atom stereocenters. The molecule has 2 fully saturated rings. The summed E-state index contributed by atoms with van der Waals surface area (Å²) in [6.07, 6.45) is 2.10. The van der Waals surface area contributed by atoms with Gasteiger partial charge >= 0.3 is 11.9 Å². The van der Waals surface area contributed by atoms with Crippen LogP contribution < -0.4 is 9.47 Å². The van der Waals surface area contributed by atoms with Crippen molar-refractivity contribution in [2.75, 3.05) is 20.8 Å². The minimum atomic E-state index is -1.51. The molecule has 3 atom stereocenters. The van der Waals surface area contributed by atoms with Gasteiger partial charge in [0, 0.05) is 26.8 Å². The highest BCUT2D eigenvalue weighted by Gasteiger charge is 2.72. The first kappa shape index (κ1) is 20.5. The lowest BCUT2D eigenvalue weighted by atomic mass is 9.74. The van der Waals surface area contributed by atoms with Gasteiger partial charge in [0.2, 0.25) is 5.60 Å². The largest absolute Gasteiger partial charge is 0.493 e. The number of methoxy groups -OCH3 is 2. The van der Waals surface area contributed by atoms with Crippen molar-refractivity contribution in [1.29, 1.82) is 0 Å². The quantitative estimate of drug-likeness (QED) is 0.693. The van der Waals surface area contributed by atoms with Crippen molar-refractivity contribution >= 4 is 17.8 Å². The summed E-state index contributed by atoms with van der Waals surface area (Å²) in [5.41, 5.74) is -0.554. The summed E-state index contributed by atoms with van der Waals surface area (Å²) in [5, 5.41) is 0. The zero-order chi connectivity index (χ0) is 21.7. The molecule has 0 aromatic heterocycles. The lowest BCUT2D eigenvalue weighted by molar-refractivity contribution is -0.186. The van der Waals surface area contributed by atoms with Crippen LogP contribution in [0, 0.1) is 0 Å². The Balaban J connectivity index is 1.99. The van der Waals surface area contributed by atoms with Crippen molar-refractivity contribution in [3.63, 3.8) is 0 Å². The van der Waals surface area contributed by atoms with Gasteiger partial charge in [-0.15, -0.1) is 0 Å². The molecule has 30 heavy (non-hydrogen) atoms. The van der Waals surface area contributed by atoms with Crippen molar-refractivity contribution in [3.05, 3.63) is 23.3 Å². The van der Waals surface area contributed by atoms with Crippen LogP contribution in [0.2, 0.25) is 0 Å². The second kappa shape index (κ2) is 7.18. The molecule has 2 heterocycles. The van der Waals surface area contributed by atoms with E-state index in [1.165, 1.54) is 13.8 Å². The first-order chi connectivity index (χ1) is 14.3. The molecule has 3 aliphatic rings. The number of amides is 1. The Hall–Kier alpha value is -2.77. The summed E-state index contributed by atoms with van der Waals surface area (Å²) in [4.78, 5) is 39.7. The van der Waals surface area contributed by atoms with Gasteiger partial charge in [0.25, 0.3) is 5.91 Å². The molecular weight excluding hydrogens is 390 g/mol. The SMILES string of the molecule is COc1cc2c(cc1OC)[C@@]13CCCCC(OC(C)=O)(C(=O)N1CC2)C3OC(C)=O. The summed E-state index contributed by atoms with van der Waals surface area (Å²) in [7, 11) is 3.14. The summed E-state index contributed by atoms with van der Waals surface area (Å²) < 4.78 is 22.5. The van der Waals surface area contributed by atoms with Crippen LogP contribution in [0.3, 0.4) is 0 Å². The van der Waals surface area contributed by atoms with Gasteiger partial charge in [0.1, 0.15) is 5.54 Å². The van der Waals surface area contributed by atoms with E-state index in [0.717, 1.165) is 17.5 Å². The van der Waals surface area contributed by atoms with Gasteiger partial charge < -0.3 is 23.8 Å². The third-order valence-electron chi connectivity index (χ3n) is 6.59. The van der Waals surface area contributed by atoms with E-state index in [4.69, 9.17) is 18.9 Å². The van der Waals surface area contributed by atoms with Crippen LogP contribution in [0.15, 0.2) is 12.1 Å². The minimum Gasteiger partial charge on any atom is -0.493 e. The molecule has 8 heteroatoms. The maximum absolute atomic E-state index is 13.7. The van der Waals surface area contributed by atoms with Crippen molar-refractivity contribution in [3.8, 4) is 11.5 Å². The summed E-state index contributed by atoms with van der Waals surface area (Å²) in [5.74, 6) is -0.223. The van der Waals surface area contributed by atoms with E-state index in [1.807, 2.05) is 12.1 Å². The number of fused-ring (bicyclic) bond motifs is 2. The van der Waals surface area contributed by atoms with E-state index in [0.29, 0.717) is 43.7 Å². The fourth-order valence-electron chi connectivity index (χ4n) is 5.58. The number of rotatable bonds is 4. The second-order valence-electron chi connectivity index (χ2n) is 8.18. The molecule has 0 N–H and O–H groups in total. The monoisotopic (exact) mass is 417 g/mol. The van der Waals surface area contributed by atoms with E-state index in [2.05, 4.69) is 0 Å². The fourth-order valence-corrected chi connectivity index (χ4v) is 5.58. The van der Waals surface area contributed by atoms with Gasteiger partial charge in [-0.3, -0.25) is 14.4 Å². The summed E-state index contributed by atoms with van der Waals surface area (Å²) >= 11 is 0. The summed E-state index contributed by atoms with van der Waals surface area (Å²) in [6.45, 7) is 3.04. The Morgan fingerprint density at radius 3 is 2.33 bits per heavy atom. The van der Waals surface area contributed by atoms with E-state index >= 15 is 0 Å². The molecule has 1 aromatic rings. The number of hydrogen-bond acceptors (Lipinski definition) is 7. The Morgan fingerprint density at radius 2 is 1.70 bits per heavy atom. The topological polar surface area (TPSA) is 91.4 Å². The maximum Gasteiger partial charge on any atom is 0.303 e. The zero-order valence-electron chi connectivity index (χ0n) is 17.8. The first-order valence-corrected chi connectivity index (χ1v) is 10.2. The predicted octanol–water partition coefficient (Wildman–Crippen LogP) is 2.10.